The first kappa shape index (κ1) is 12.6. The van der Waals surface area contributed by atoms with E-state index >= 15 is 0 Å². The third-order valence-corrected chi connectivity index (χ3v) is 3.45. The molecular weight excluding hydrogens is 182 g/mol. The van der Waals surface area contributed by atoms with Crippen molar-refractivity contribution in [2.45, 2.75) is 65.3 Å². The van der Waals surface area contributed by atoms with Gasteiger partial charge in [-0.2, -0.15) is 0 Å². The second-order valence-electron chi connectivity index (χ2n) is 5.64. The van der Waals surface area contributed by atoms with Gasteiger partial charge in [0, 0.05) is 11.7 Å². The summed E-state index contributed by atoms with van der Waals surface area (Å²) < 4.78 is 0. The topological polar surface area (TPSA) is 12.0 Å². The molecule has 0 heterocycles. The van der Waals surface area contributed by atoms with E-state index in [1.165, 1.54) is 37.8 Å². The van der Waals surface area contributed by atoms with Gasteiger partial charge in [-0.25, -0.2) is 0 Å². The molecule has 1 aliphatic carbocycles. The van der Waals surface area contributed by atoms with Crippen molar-refractivity contribution in [2.24, 2.45) is 11.8 Å². The molecule has 0 bridgehead atoms. The summed E-state index contributed by atoms with van der Waals surface area (Å²) in [5, 5.41) is 3.60. The van der Waals surface area contributed by atoms with Crippen LogP contribution >= 0.6 is 0 Å². The maximum Gasteiger partial charge on any atom is 0.0258 e. The molecule has 0 aliphatic heterocycles. The van der Waals surface area contributed by atoms with Crippen LogP contribution in [0.4, 0.5) is 0 Å². The fourth-order valence-electron chi connectivity index (χ4n) is 2.23. The first-order chi connectivity index (χ1) is 7.08. The molecule has 1 heteroatoms. The van der Waals surface area contributed by atoms with E-state index in [9.17, 15) is 0 Å². The molecule has 1 fully saturated rings. The molecule has 1 rings (SSSR count). The summed E-state index contributed by atoms with van der Waals surface area (Å²) in [6, 6.07) is 0.709. The van der Waals surface area contributed by atoms with E-state index in [2.05, 4.69) is 32.7 Å². The molecule has 0 spiro atoms. The fourth-order valence-corrected chi connectivity index (χ4v) is 2.23. The van der Waals surface area contributed by atoms with E-state index in [-0.39, 0.29) is 0 Å². The van der Waals surface area contributed by atoms with Gasteiger partial charge in [0.15, 0.2) is 0 Å². The average molecular weight is 209 g/mol. The zero-order chi connectivity index (χ0) is 11.3. The minimum atomic E-state index is 0.709. The predicted octanol–water partition coefficient (Wildman–Crippen LogP) is 4.10. The Morgan fingerprint density at radius 2 is 1.87 bits per heavy atom. The molecule has 0 radical (unpaired) electrons. The molecule has 1 nitrogen and oxygen atoms in total. The van der Waals surface area contributed by atoms with Crippen LogP contribution in [0.2, 0.25) is 0 Å². The maximum absolute atomic E-state index is 4.13. The van der Waals surface area contributed by atoms with Crippen molar-refractivity contribution in [3.05, 3.63) is 12.3 Å². The van der Waals surface area contributed by atoms with Gasteiger partial charge < -0.3 is 5.32 Å². The molecule has 1 N–H and O–H groups in total. The predicted molar refractivity (Wildman–Crippen MR) is 67.8 cm³/mol. The average Bonchev–Trinajstić information content (AvgIpc) is 2.19. The van der Waals surface area contributed by atoms with Crippen molar-refractivity contribution in [1.82, 2.24) is 5.32 Å². The first-order valence-corrected chi connectivity index (χ1v) is 6.52. The molecule has 0 saturated heterocycles. The molecule has 0 aromatic heterocycles. The Bertz CT molecular complexity index is 188. The second kappa shape index (κ2) is 6.19. The van der Waals surface area contributed by atoms with E-state index in [0.717, 1.165) is 18.3 Å². The zero-order valence-corrected chi connectivity index (χ0v) is 10.7. The van der Waals surface area contributed by atoms with Crippen molar-refractivity contribution in [3.63, 3.8) is 0 Å². The van der Waals surface area contributed by atoms with Crippen molar-refractivity contribution in [2.75, 3.05) is 0 Å². The lowest BCUT2D eigenvalue weighted by molar-refractivity contribution is 0.318. The molecule has 0 unspecified atom stereocenters. The highest BCUT2D eigenvalue weighted by Gasteiger charge is 2.17. The SMILES string of the molecule is C=C(CCC(C)C)NC1CCC(C)CC1. The van der Waals surface area contributed by atoms with Gasteiger partial charge in [0.05, 0.1) is 0 Å². The Labute approximate surface area is 95.3 Å². The number of hydrogen-bond acceptors (Lipinski definition) is 1. The molecule has 88 valence electrons. The summed E-state index contributed by atoms with van der Waals surface area (Å²) >= 11 is 0. The van der Waals surface area contributed by atoms with Crippen molar-refractivity contribution in [3.8, 4) is 0 Å². The third-order valence-electron chi connectivity index (χ3n) is 3.45. The summed E-state index contributed by atoms with van der Waals surface area (Å²) in [5.41, 5.74) is 1.25. The summed E-state index contributed by atoms with van der Waals surface area (Å²) in [4.78, 5) is 0. The summed E-state index contributed by atoms with van der Waals surface area (Å²) in [7, 11) is 0. The van der Waals surface area contributed by atoms with E-state index in [1.807, 2.05) is 0 Å². The van der Waals surface area contributed by atoms with Gasteiger partial charge in [0.25, 0.3) is 0 Å². The van der Waals surface area contributed by atoms with E-state index in [1.54, 1.807) is 0 Å². The minimum Gasteiger partial charge on any atom is -0.386 e. The molecular formula is C14H27N. The maximum atomic E-state index is 4.13. The van der Waals surface area contributed by atoms with Crippen LogP contribution in [0.1, 0.15) is 59.3 Å². The van der Waals surface area contributed by atoms with Crippen molar-refractivity contribution >= 4 is 0 Å². The Hall–Kier alpha value is -0.460. The normalized spacial score (nSPS) is 26.7. The van der Waals surface area contributed by atoms with Crippen LogP contribution in [0.5, 0.6) is 0 Å². The van der Waals surface area contributed by atoms with Gasteiger partial charge in [-0.1, -0.05) is 27.4 Å². The van der Waals surface area contributed by atoms with Gasteiger partial charge in [-0.05, 0) is 50.4 Å². The largest absolute Gasteiger partial charge is 0.386 e. The number of rotatable bonds is 5. The van der Waals surface area contributed by atoms with E-state index < -0.39 is 0 Å². The Kier molecular flexibility index (Phi) is 5.21. The lowest BCUT2D eigenvalue weighted by atomic mass is 9.87. The number of allylic oxidation sites excluding steroid dienone is 1. The zero-order valence-electron chi connectivity index (χ0n) is 10.7. The molecule has 0 aromatic rings. The minimum absolute atomic E-state index is 0.709. The highest BCUT2D eigenvalue weighted by Crippen LogP contribution is 2.24. The fraction of sp³-hybridized carbons (Fsp3) is 0.857. The van der Waals surface area contributed by atoms with Gasteiger partial charge in [-0.15, -0.1) is 0 Å². The summed E-state index contributed by atoms with van der Waals surface area (Å²) in [6.45, 7) is 11.0. The summed E-state index contributed by atoms with van der Waals surface area (Å²) in [6.07, 6.45) is 7.84. The number of nitrogens with one attached hydrogen (secondary N) is 1. The van der Waals surface area contributed by atoms with E-state index in [4.69, 9.17) is 0 Å². The first-order valence-electron chi connectivity index (χ1n) is 6.52. The molecule has 1 saturated carbocycles. The summed E-state index contributed by atoms with van der Waals surface area (Å²) in [5.74, 6) is 1.72. The van der Waals surface area contributed by atoms with Crippen LogP contribution in [-0.2, 0) is 0 Å². The molecule has 0 atom stereocenters. The van der Waals surface area contributed by atoms with Crippen LogP contribution in [-0.4, -0.2) is 6.04 Å². The smallest absolute Gasteiger partial charge is 0.0258 e. The van der Waals surface area contributed by atoms with Gasteiger partial charge in [-0.3, -0.25) is 0 Å². The monoisotopic (exact) mass is 209 g/mol. The molecule has 15 heavy (non-hydrogen) atoms. The van der Waals surface area contributed by atoms with Crippen LogP contribution in [0.15, 0.2) is 12.3 Å². The van der Waals surface area contributed by atoms with Crippen molar-refractivity contribution in [1.29, 1.82) is 0 Å². The van der Waals surface area contributed by atoms with Gasteiger partial charge in [0.2, 0.25) is 0 Å². The van der Waals surface area contributed by atoms with E-state index in [0.29, 0.717) is 6.04 Å². The van der Waals surface area contributed by atoms with Crippen LogP contribution in [0, 0.1) is 11.8 Å². The molecule has 1 aliphatic rings. The van der Waals surface area contributed by atoms with Gasteiger partial charge in [0.1, 0.15) is 0 Å². The Morgan fingerprint density at radius 3 is 2.40 bits per heavy atom. The van der Waals surface area contributed by atoms with Crippen molar-refractivity contribution < 1.29 is 0 Å². The quantitative estimate of drug-likeness (QED) is 0.718. The molecule has 0 amide bonds. The Morgan fingerprint density at radius 1 is 1.27 bits per heavy atom. The third kappa shape index (κ3) is 5.25. The van der Waals surface area contributed by atoms with Crippen LogP contribution < -0.4 is 5.32 Å². The second-order valence-corrected chi connectivity index (χ2v) is 5.64. The Balaban J connectivity index is 2.15. The molecule has 0 aromatic carbocycles. The highest BCUT2D eigenvalue weighted by atomic mass is 14.9. The van der Waals surface area contributed by atoms with Gasteiger partial charge >= 0.3 is 0 Å². The number of hydrogen-bond donors (Lipinski definition) is 1. The van der Waals surface area contributed by atoms with Crippen LogP contribution in [0.25, 0.3) is 0 Å². The lowest BCUT2D eigenvalue weighted by Gasteiger charge is -2.28. The van der Waals surface area contributed by atoms with Crippen LogP contribution in [0.3, 0.4) is 0 Å². The lowest BCUT2D eigenvalue weighted by Crippen LogP contribution is -2.31. The standard InChI is InChI=1S/C14H27N/c1-11(2)5-8-13(4)15-14-9-6-12(3)7-10-14/h11-12,14-15H,4-10H2,1-3H3. The highest BCUT2D eigenvalue weighted by molar-refractivity contribution is 4.95.